The zero-order chi connectivity index (χ0) is 25.9. The van der Waals surface area contributed by atoms with Crippen LogP contribution in [0.5, 0.6) is 5.75 Å². The molecule has 11 heteroatoms. The van der Waals surface area contributed by atoms with Crippen molar-refractivity contribution >= 4 is 44.8 Å². The molecule has 0 saturated carbocycles. The predicted molar refractivity (Wildman–Crippen MR) is 143 cm³/mol. The van der Waals surface area contributed by atoms with Crippen LogP contribution in [0.3, 0.4) is 0 Å². The SMILES string of the molecule is COc1cccc(S(=O)(=O)N2CCN(C(=O)CN(C)c3ccc(Cl)c(Cl)c3)C(CN3CCCC3)C2)c1. The van der Waals surface area contributed by atoms with Gasteiger partial charge in [0, 0.05) is 45.0 Å². The predicted octanol–water partition coefficient (Wildman–Crippen LogP) is 3.44. The lowest BCUT2D eigenvalue weighted by Gasteiger charge is -2.42. The van der Waals surface area contributed by atoms with Crippen molar-refractivity contribution in [2.75, 3.05) is 64.9 Å². The zero-order valence-electron chi connectivity index (χ0n) is 20.6. The van der Waals surface area contributed by atoms with Gasteiger partial charge in [0.2, 0.25) is 15.9 Å². The van der Waals surface area contributed by atoms with E-state index in [0.717, 1.165) is 31.6 Å². The molecular weight excluding hydrogens is 523 g/mol. The van der Waals surface area contributed by atoms with Gasteiger partial charge in [-0.1, -0.05) is 29.3 Å². The number of benzene rings is 2. The second kappa shape index (κ2) is 11.6. The van der Waals surface area contributed by atoms with Crippen molar-refractivity contribution in [1.29, 1.82) is 0 Å². The molecule has 196 valence electrons. The normalized spacial score (nSPS) is 19.4. The van der Waals surface area contributed by atoms with Crippen molar-refractivity contribution in [2.24, 2.45) is 0 Å². The molecule has 0 N–H and O–H groups in total. The Morgan fingerprint density at radius 3 is 2.50 bits per heavy atom. The molecule has 2 fully saturated rings. The minimum absolute atomic E-state index is 0.0498. The Morgan fingerprint density at radius 2 is 1.81 bits per heavy atom. The van der Waals surface area contributed by atoms with Crippen LogP contribution in [0.2, 0.25) is 10.0 Å². The highest BCUT2D eigenvalue weighted by Crippen LogP contribution is 2.28. The van der Waals surface area contributed by atoms with Gasteiger partial charge in [-0.05, 0) is 56.3 Å². The Labute approximate surface area is 223 Å². The number of likely N-dealkylation sites (tertiary alicyclic amines) is 1. The highest BCUT2D eigenvalue weighted by Gasteiger charge is 2.37. The molecule has 2 aromatic rings. The molecule has 2 heterocycles. The molecule has 1 unspecified atom stereocenters. The molecule has 2 saturated heterocycles. The van der Waals surface area contributed by atoms with Gasteiger partial charge in [0.1, 0.15) is 5.75 Å². The van der Waals surface area contributed by atoms with E-state index in [2.05, 4.69) is 4.90 Å². The van der Waals surface area contributed by atoms with Gasteiger partial charge in [-0.25, -0.2) is 8.42 Å². The van der Waals surface area contributed by atoms with E-state index >= 15 is 0 Å². The third kappa shape index (κ3) is 6.08. The van der Waals surface area contributed by atoms with Crippen LogP contribution in [-0.4, -0.2) is 94.4 Å². The first-order valence-corrected chi connectivity index (χ1v) is 14.2. The number of rotatable bonds is 8. The summed E-state index contributed by atoms with van der Waals surface area (Å²) in [7, 11) is -0.385. The largest absolute Gasteiger partial charge is 0.497 e. The number of piperazine rings is 1. The van der Waals surface area contributed by atoms with Crippen LogP contribution in [0, 0.1) is 0 Å². The third-order valence-electron chi connectivity index (χ3n) is 6.83. The summed E-state index contributed by atoms with van der Waals surface area (Å²) in [4.78, 5) is 19.6. The molecule has 4 rings (SSSR count). The molecule has 8 nitrogen and oxygen atoms in total. The van der Waals surface area contributed by atoms with E-state index in [-0.39, 0.29) is 36.5 Å². The van der Waals surface area contributed by atoms with Crippen molar-refractivity contribution in [3.63, 3.8) is 0 Å². The highest BCUT2D eigenvalue weighted by molar-refractivity contribution is 7.89. The number of hydrogen-bond donors (Lipinski definition) is 0. The van der Waals surface area contributed by atoms with E-state index in [9.17, 15) is 13.2 Å². The average Bonchev–Trinajstić information content (AvgIpc) is 3.38. The fourth-order valence-electron chi connectivity index (χ4n) is 4.81. The molecule has 1 atom stereocenters. The summed E-state index contributed by atoms with van der Waals surface area (Å²) < 4.78 is 33.6. The summed E-state index contributed by atoms with van der Waals surface area (Å²) in [5, 5.41) is 0.885. The van der Waals surface area contributed by atoms with Crippen LogP contribution >= 0.6 is 23.2 Å². The lowest BCUT2D eigenvalue weighted by atomic mass is 10.1. The van der Waals surface area contributed by atoms with Gasteiger partial charge in [0.25, 0.3) is 0 Å². The van der Waals surface area contributed by atoms with Gasteiger partial charge in [0.15, 0.2) is 0 Å². The lowest BCUT2D eigenvalue weighted by molar-refractivity contribution is -0.134. The second-order valence-electron chi connectivity index (χ2n) is 9.25. The maximum absolute atomic E-state index is 13.5. The number of carbonyl (C=O) groups excluding carboxylic acids is 1. The summed E-state index contributed by atoms with van der Waals surface area (Å²) in [5.41, 5.74) is 0.785. The molecule has 0 aliphatic carbocycles. The van der Waals surface area contributed by atoms with Crippen molar-refractivity contribution in [1.82, 2.24) is 14.1 Å². The molecule has 0 spiro atoms. The highest BCUT2D eigenvalue weighted by atomic mass is 35.5. The molecule has 1 amide bonds. The first kappa shape index (κ1) is 27.0. The first-order chi connectivity index (χ1) is 17.2. The topological polar surface area (TPSA) is 73.4 Å². The van der Waals surface area contributed by atoms with Crippen molar-refractivity contribution in [3.8, 4) is 5.75 Å². The Bertz CT molecular complexity index is 1190. The van der Waals surface area contributed by atoms with E-state index in [1.165, 1.54) is 17.5 Å². The van der Waals surface area contributed by atoms with Gasteiger partial charge in [-0.2, -0.15) is 4.31 Å². The van der Waals surface area contributed by atoms with E-state index in [4.69, 9.17) is 27.9 Å². The van der Waals surface area contributed by atoms with Gasteiger partial charge in [-0.15, -0.1) is 0 Å². The Morgan fingerprint density at radius 1 is 1.06 bits per heavy atom. The number of halogens is 2. The number of nitrogens with zero attached hydrogens (tertiary/aromatic N) is 4. The minimum Gasteiger partial charge on any atom is -0.497 e. The standard InChI is InChI=1S/C25H32Cl2N4O4S/c1-28(19-8-9-23(26)24(27)14-19)18-25(32)31-13-12-30(17-20(31)16-29-10-3-4-11-29)36(33,34)22-7-5-6-21(15-22)35-2/h5-9,14-15,20H,3-4,10-13,16-18H2,1-2H3. The molecule has 2 aromatic carbocycles. The van der Waals surface area contributed by atoms with E-state index in [0.29, 0.717) is 28.9 Å². The van der Waals surface area contributed by atoms with Gasteiger partial charge in [0.05, 0.1) is 34.6 Å². The summed E-state index contributed by atoms with van der Waals surface area (Å²) in [6.07, 6.45) is 2.24. The molecular formula is C25H32Cl2N4O4S. The van der Waals surface area contributed by atoms with Gasteiger partial charge < -0.3 is 19.4 Å². The van der Waals surface area contributed by atoms with Crippen LogP contribution in [0.4, 0.5) is 5.69 Å². The van der Waals surface area contributed by atoms with E-state index in [1.807, 2.05) is 22.9 Å². The number of likely N-dealkylation sites (N-methyl/N-ethyl adjacent to an activating group) is 1. The second-order valence-corrected chi connectivity index (χ2v) is 12.0. The van der Waals surface area contributed by atoms with Crippen LogP contribution < -0.4 is 9.64 Å². The molecule has 36 heavy (non-hydrogen) atoms. The van der Waals surface area contributed by atoms with Crippen LogP contribution in [-0.2, 0) is 14.8 Å². The number of sulfonamides is 1. The number of ether oxygens (including phenoxy) is 1. The molecule has 2 aliphatic rings. The van der Waals surface area contributed by atoms with Crippen molar-refractivity contribution in [2.45, 2.75) is 23.8 Å². The van der Waals surface area contributed by atoms with Crippen LogP contribution in [0.15, 0.2) is 47.4 Å². The Kier molecular flexibility index (Phi) is 8.67. The maximum Gasteiger partial charge on any atom is 0.243 e. The molecule has 2 aliphatic heterocycles. The van der Waals surface area contributed by atoms with Crippen molar-refractivity contribution in [3.05, 3.63) is 52.5 Å². The smallest absolute Gasteiger partial charge is 0.243 e. The lowest BCUT2D eigenvalue weighted by Crippen LogP contribution is -2.60. The number of carbonyl (C=O) groups is 1. The van der Waals surface area contributed by atoms with Crippen LogP contribution in [0.1, 0.15) is 12.8 Å². The summed E-state index contributed by atoms with van der Waals surface area (Å²) in [5.74, 6) is 0.440. The summed E-state index contributed by atoms with van der Waals surface area (Å²) in [6, 6.07) is 11.5. The monoisotopic (exact) mass is 554 g/mol. The van der Waals surface area contributed by atoms with Gasteiger partial charge in [-0.3, -0.25) is 4.79 Å². The average molecular weight is 556 g/mol. The van der Waals surface area contributed by atoms with E-state index in [1.54, 1.807) is 30.3 Å². The molecule has 0 radical (unpaired) electrons. The number of hydrogen-bond acceptors (Lipinski definition) is 6. The minimum atomic E-state index is -3.73. The zero-order valence-corrected chi connectivity index (χ0v) is 22.9. The number of methoxy groups -OCH3 is 1. The first-order valence-electron chi connectivity index (χ1n) is 12.0. The number of amides is 1. The summed E-state index contributed by atoms with van der Waals surface area (Å²) in [6.45, 7) is 3.53. The fourth-order valence-corrected chi connectivity index (χ4v) is 6.61. The quantitative estimate of drug-likeness (QED) is 0.497. The van der Waals surface area contributed by atoms with E-state index < -0.39 is 10.0 Å². The van der Waals surface area contributed by atoms with Crippen LogP contribution in [0.25, 0.3) is 0 Å². The van der Waals surface area contributed by atoms with Gasteiger partial charge >= 0.3 is 0 Å². The molecule has 0 bridgehead atoms. The Balaban J connectivity index is 1.51. The maximum atomic E-state index is 13.5. The summed E-state index contributed by atoms with van der Waals surface area (Å²) >= 11 is 12.2. The fraction of sp³-hybridized carbons (Fsp3) is 0.480. The number of anilines is 1. The third-order valence-corrected chi connectivity index (χ3v) is 9.43. The molecule has 0 aromatic heterocycles. The Hall–Kier alpha value is -2.04. The van der Waals surface area contributed by atoms with Crippen molar-refractivity contribution < 1.29 is 17.9 Å².